The summed E-state index contributed by atoms with van der Waals surface area (Å²) in [6, 6.07) is 9.66. The molecule has 31 heavy (non-hydrogen) atoms. The molecule has 1 aromatic rings. The number of likely N-dealkylation sites (N-methyl/N-ethyl adjacent to an activating group) is 1. The molecule has 1 aromatic carbocycles. The zero-order valence-electron chi connectivity index (χ0n) is 18.8. The van der Waals surface area contributed by atoms with Crippen LogP contribution in [0.4, 0.5) is 9.59 Å². The molecule has 3 aliphatic rings. The minimum atomic E-state index is -1.03. The molecule has 0 aliphatic heterocycles. The maximum atomic E-state index is 13.3. The summed E-state index contributed by atoms with van der Waals surface area (Å²) in [7, 11) is 0. The Balaban J connectivity index is 1.69. The molecular weight excluding hydrogens is 398 g/mol. The Kier molecular flexibility index (Phi) is 6.21. The highest BCUT2D eigenvalue weighted by molar-refractivity contribution is 5.81. The predicted octanol–water partition coefficient (Wildman–Crippen LogP) is 3.26. The number of urea groups is 1. The van der Waals surface area contributed by atoms with Gasteiger partial charge in [-0.25, -0.2) is 9.59 Å². The monoisotopic (exact) mass is 431 g/mol. The van der Waals surface area contributed by atoms with Gasteiger partial charge in [0.1, 0.15) is 12.1 Å². The molecule has 8 heteroatoms. The highest BCUT2D eigenvalue weighted by atomic mass is 16.6. The number of ether oxygens (including phenoxy) is 1. The molecule has 3 amide bonds. The van der Waals surface area contributed by atoms with Crippen LogP contribution in [0.3, 0.4) is 0 Å². The molecule has 0 saturated heterocycles. The molecule has 0 atom stereocenters. The maximum absolute atomic E-state index is 13.3. The lowest BCUT2D eigenvalue weighted by Crippen LogP contribution is -2.84. The fraction of sp³-hybridized carbons (Fsp3) is 0.609. The first kappa shape index (κ1) is 22.9. The highest BCUT2D eigenvalue weighted by Crippen LogP contribution is 2.63. The van der Waals surface area contributed by atoms with Crippen LogP contribution >= 0.6 is 0 Å². The van der Waals surface area contributed by atoms with Gasteiger partial charge in [-0.1, -0.05) is 30.3 Å². The first-order valence-electron chi connectivity index (χ1n) is 10.8. The van der Waals surface area contributed by atoms with Gasteiger partial charge in [0.25, 0.3) is 0 Å². The Hall–Kier alpha value is -2.77. The molecule has 3 aliphatic carbocycles. The van der Waals surface area contributed by atoms with Gasteiger partial charge < -0.3 is 25.0 Å². The molecule has 2 N–H and O–H groups in total. The van der Waals surface area contributed by atoms with Crippen LogP contribution in [0.2, 0.25) is 0 Å². The minimum Gasteiger partial charge on any atom is -0.480 e. The number of carboxylic acids is 1. The lowest BCUT2D eigenvalue weighted by atomic mass is 9.43. The summed E-state index contributed by atoms with van der Waals surface area (Å²) < 4.78 is 5.38. The van der Waals surface area contributed by atoms with Gasteiger partial charge in [0.2, 0.25) is 0 Å². The fourth-order valence-corrected chi connectivity index (χ4v) is 4.74. The van der Waals surface area contributed by atoms with E-state index in [2.05, 4.69) is 5.32 Å². The van der Waals surface area contributed by atoms with Crippen LogP contribution < -0.4 is 5.32 Å². The number of nitrogens with zero attached hydrogens (tertiary/aromatic N) is 2. The summed E-state index contributed by atoms with van der Waals surface area (Å²) in [4.78, 5) is 39.9. The number of hydrogen-bond donors (Lipinski definition) is 2. The summed E-state index contributed by atoms with van der Waals surface area (Å²) in [6.45, 7) is 7.75. The predicted molar refractivity (Wildman–Crippen MR) is 116 cm³/mol. The summed E-state index contributed by atoms with van der Waals surface area (Å²) in [5.41, 5.74) is -0.124. The number of carbonyl (C=O) groups is 3. The minimum absolute atomic E-state index is 0.258. The number of alkyl carbamates (subject to hydrolysis) is 1. The third-order valence-corrected chi connectivity index (χ3v) is 6.02. The topological polar surface area (TPSA) is 99.2 Å². The molecule has 2 bridgehead atoms. The smallest absolute Gasteiger partial charge is 0.408 e. The molecule has 3 fully saturated rings. The molecule has 8 nitrogen and oxygen atoms in total. The van der Waals surface area contributed by atoms with E-state index < -0.39 is 17.7 Å². The average Bonchev–Trinajstić information content (AvgIpc) is 2.61. The van der Waals surface area contributed by atoms with Crippen molar-refractivity contribution in [2.24, 2.45) is 0 Å². The largest absolute Gasteiger partial charge is 0.480 e. The van der Waals surface area contributed by atoms with Gasteiger partial charge in [-0.15, -0.1) is 0 Å². The van der Waals surface area contributed by atoms with Gasteiger partial charge >= 0.3 is 18.1 Å². The molecule has 0 unspecified atom stereocenters. The van der Waals surface area contributed by atoms with Gasteiger partial charge in [0.15, 0.2) is 0 Å². The lowest BCUT2D eigenvalue weighted by Gasteiger charge is -2.73. The van der Waals surface area contributed by atoms with Crippen molar-refractivity contribution in [3.05, 3.63) is 35.9 Å². The van der Waals surface area contributed by atoms with E-state index >= 15 is 0 Å². The van der Waals surface area contributed by atoms with Crippen LogP contribution in [0.15, 0.2) is 30.3 Å². The third kappa shape index (κ3) is 5.11. The highest BCUT2D eigenvalue weighted by Gasteiger charge is 2.72. The number of carbonyl (C=O) groups excluding carboxylic acids is 2. The molecule has 0 radical (unpaired) electrons. The van der Waals surface area contributed by atoms with Crippen LogP contribution in [0, 0.1) is 0 Å². The zero-order valence-corrected chi connectivity index (χ0v) is 18.8. The van der Waals surface area contributed by atoms with E-state index in [-0.39, 0.29) is 23.7 Å². The van der Waals surface area contributed by atoms with E-state index in [1.165, 1.54) is 4.90 Å². The van der Waals surface area contributed by atoms with Crippen molar-refractivity contribution in [3.63, 3.8) is 0 Å². The summed E-state index contributed by atoms with van der Waals surface area (Å²) in [5.74, 6) is -1.03. The summed E-state index contributed by atoms with van der Waals surface area (Å²) in [5, 5.41) is 12.2. The van der Waals surface area contributed by atoms with E-state index in [1.54, 1.807) is 6.92 Å². The van der Waals surface area contributed by atoms with Crippen molar-refractivity contribution in [1.29, 1.82) is 0 Å². The quantitative estimate of drug-likeness (QED) is 0.658. The summed E-state index contributed by atoms with van der Waals surface area (Å²) in [6.07, 6.45) is 2.22. The number of rotatable bonds is 8. The number of benzene rings is 1. The Morgan fingerprint density at radius 2 is 1.74 bits per heavy atom. The van der Waals surface area contributed by atoms with Crippen molar-refractivity contribution in [2.45, 2.75) is 70.1 Å². The second-order valence-corrected chi connectivity index (χ2v) is 9.74. The number of aliphatic carboxylic acids is 1. The van der Waals surface area contributed by atoms with Crippen LogP contribution in [0.25, 0.3) is 0 Å². The fourth-order valence-electron chi connectivity index (χ4n) is 4.74. The molecule has 0 spiro atoms. The Morgan fingerprint density at radius 3 is 2.26 bits per heavy atom. The normalized spacial score (nSPS) is 23.7. The number of hydrogen-bond acceptors (Lipinski definition) is 4. The molecule has 0 aromatic heterocycles. The van der Waals surface area contributed by atoms with Gasteiger partial charge in [-0.2, -0.15) is 0 Å². The van der Waals surface area contributed by atoms with Gasteiger partial charge in [-0.05, 0) is 58.9 Å². The molecule has 170 valence electrons. The van der Waals surface area contributed by atoms with Crippen molar-refractivity contribution < 1.29 is 24.2 Å². The van der Waals surface area contributed by atoms with E-state index in [0.717, 1.165) is 5.56 Å². The van der Waals surface area contributed by atoms with E-state index in [4.69, 9.17) is 4.74 Å². The van der Waals surface area contributed by atoms with Gasteiger partial charge in [0.05, 0.1) is 11.1 Å². The average molecular weight is 432 g/mol. The first-order chi connectivity index (χ1) is 14.5. The second kappa shape index (κ2) is 8.40. The van der Waals surface area contributed by atoms with Crippen molar-refractivity contribution in [2.75, 3.05) is 19.6 Å². The number of amides is 3. The van der Waals surface area contributed by atoms with Crippen LogP contribution in [-0.2, 0) is 16.0 Å². The van der Waals surface area contributed by atoms with Crippen LogP contribution in [-0.4, -0.2) is 69.3 Å². The number of carboxylic acid groups (broad SMARTS) is 1. The molecule has 3 saturated carbocycles. The maximum Gasteiger partial charge on any atom is 0.408 e. The van der Waals surface area contributed by atoms with E-state index in [0.29, 0.717) is 38.8 Å². The Labute approximate surface area is 183 Å². The van der Waals surface area contributed by atoms with E-state index in [1.807, 2.05) is 56.0 Å². The van der Waals surface area contributed by atoms with Crippen LogP contribution in [0.5, 0.6) is 0 Å². The lowest BCUT2D eigenvalue weighted by molar-refractivity contribution is -0.161. The Bertz CT molecular complexity index is 814. The van der Waals surface area contributed by atoms with Crippen LogP contribution in [0.1, 0.15) is 52.5 Å². The van der Waals surface area contributed by atoms with Gasteiger partial charge in [0, 0.05) is 13.1 Å². The first-order valence-corrected chi connectivity index (χ1v) is 10.8. The Morgan fingerprint density at radius 1 is 1.13 bits per heavy atom. The van der Waals surface area contributed by atoms with Crippen molar-refractivity contribution in [3.8, 4) is 0 Å². The summed E-state index contributed by atoms with van der Waals surface area (Å²) >= 11 is 0. The van der Waals surface area contributed by atoms with Crippen molar-refractivity contribution in [1.82, 2.24) is 15.1 Å². The SMILES string of the molecule is CCN(CC(=O)O)C(=O)N(CCc1ccccc1)C12CC(NC(=O)OC(C)(C)C)(C1)C2. The molecule has 0 heterocycles. The van der Waals surface area contributed by atoms with Crippen molar-refractivity contribution >= 4 is 18.1 Å². The number of nitrogens with one attached hydrogen (secondary N) is 1. The molecular formula is C23H33N3O5. The van der Waals surface area contributed by atoms with Gasteiger partial charge in [-0.3, -0.25) is 4.79 Å². The third-order valence-electron chi connectivity index (χ3n) is 6.02. The standard InChI is InChI=1S/C23H33N3O5/c1-5-25(13-18(27)28)20(30)26(12-11-17-9-7-6-8-10-17)23-14-22(15-23,16-23)24-19(29)31-21(2,3)4/h6-10H,5,11-16H2,1-4H3,(H,24,29)(H,27,28). The second-order valence-electron chi connectivity index (χ2n) is 9.74. The molecule has 4 rings (SSSR count). The zero-order chi connectivity index (χ0) is 22.9. The van der Waals surface area contributed by atoms with E-state index in [9.17, 15) is 19.5 Å².